The normalized spacial score (nSPS) is 21.6. The van der Waals surface area contributed by atoms with Crippen LogP contribution in [0.25, 0.3) is 0 Å². The average Bonchev–Trinajstić information content (AvgIpc) is 3.29. The number of nitrogens with one attached hydrogen (secondary N) is 2. The molecule has 1 saturated carbocycles. The van der Waals surface area contributed by atoms with Gasteiger partial charge in [-0.05, 0) is 38.0 Å². The summed E-state index contributed by atoms with van der Waals surface area (Å²) in [5, 5.41) is 5.37. The fourth-order valence-electron chi connectivity index (χ4n) is 3.20. The van der Waals surface area contributed by atoms with Crippen LogP contribution in [0.3, 0.4) is 0 Å². The smallest absolute Gasteiger partial charge is 0.315 e. The van der Waals surface area contributed by atoms with Gasteiger partial charge in [0.1, 0.15) is 6.04 Å². The zero-order valence-electron chi connectivity index (χ0n) is 16.1. The Morgan fingerprint density at radius 3 is 2.32 bits per heavy atom. The van der Waals surface area contributed by atoms with E-state index in [-0.39, 0.29) is 24.4 Å². The Hall–Kier alpha value is -1.79. The summed E-state index contributed by atoms with van der Waals surface area (Å²) in [7, 11) is 1.76. The molecule has 1 heterocycles. The first-order valence-electron chi connectivity index (χ1n) is 9.21. The molecule has 2 unspecified atom stereocenters. The second-order valence-electron chi connectivity index (χ2n) is 8.38. The predicted molar refractivity (Wildman–Crippen MR) is 96.0 cm³/mol. The van der Waals surface area contributed by atoms with Crippen molar-refractivity contribution in [1.29, 1.82) is 0 Å². The summed E-state index contributed by atoms with van der Waals surface area (Å²) in [6.07, 6.45) is 4.06. The molecule has 0 aromatic rings. The maximum Gasteiger partial charge on any atom is 0.315 e. The van der Waals surface area contributed by atoms with Crippen molar-refractivity contribution < 1.29 is 14.4 Å². The third-order valence-electron chi connectivity index (χ3n) is 5.11. The molecule has 0 aromatic heterocycles. The topological polar surface area (TPSA) is 81.8 Å². The molecule has 25 heavy (non-hydrogen) atoms. The van der Waals surface area contributed by atoms with E-state index in [4.69, 9.17) is 0 Å². The first-order chi connectivity index (χ1) is 11.6. The SMILES string of the molecule is CC1CCCN1C(=O)C(NC(=O)NCC(=O)N(C)C1CC1)C(C)(C)C. The zero-order chi connectivity index (χ0) is 18.8. The fourth-order valence-corrected chi connectivity index (χ4v) is 3.20. The van der Waals surface area contributed by atoms with Gasteiger partial charge in [-0.15, -0.1) is 0 Å². The van der Waals surface area contributed by atoms with Gasteiger partial charge in [-0.1, -0.05) is 20.8 Å². The van der Waals surface area contributed by atoms with Crippen molar-refractivity contribution in [2.45, 2.75) is 71.5 Å². The van der Waals surface area contributed by atoms with Crippen LogP contribution in [0.4, 0.5) is 4.79 Å². The third-order valence-corrected chi connectivity index (χ3v) is 5.11. The van der Waals surface area contributed by atoms with Crippen LogP contribution in [-0.2, 0) is 9.59 Å². The van der Waals surface area contributed by atoms with Gasteiger partial charge in [0.05, 0.1) is 6.54 Å². The van der Waals surface area contributed by atoms with Crippen molar-refractivity contribution in [2.24, 2.45) is 5.41 Å². The summed E-state index contributed by atoms with van der Waals surface area (Å²) in [5.41, 5.74) is -0.411. The van der Waals surface area contributed by atoms with E-state index in [0.29, 0.717) is 6.04 Å². The summed E-state index contributed by atoms with van der Waals surface area (Å²) >= 11 is 0. The molecule has 1 aliphatic carbocycles. The number of likely N-dealkylation sites (tertiary alicyclic amines) is 1. The minimum Gasteiger partial charge on any atom is -0.341 e. The molecule has 0 radical (unpaired) electrons. The highest BCUT2D eigenvalue weighted by molar-refractivity contribution is 5.89. The molecule has 1 saturated heterocycles. The van der Waals surface area contributed by atoms with Gasteiger partial charge in [0.25, 0.3) is 0 Å². The van der Waals surface area contributed by atoms with Gasteiger partial charge in [0, 0.05) is 25.7 Å². The Bertz CT molecular complexity index is 525. The summed E-state index contributed by atoms with van der Waals surface area (Å²) < 4.78 is 0. The second-order valence-corrected chi connectivity index (χ2v) is 8.38. The van der Waals surface area contributed by atoms with Crippen molar-refractivity contribution in [2.75, 3.05) is 20.1 Å². The number of carbonyl (C=O) groups excluding carboxylic acids is 3. The van der Waals surface area contributed by atoms with Gasteiger partial charge in [-0.2, -0.15) is 0 Å². The second kappa shape index (κ2) is 7.62. The molecular weight excluding hydrogens is 320 g/mol. The van der Waals surface area contributed by atoms with Crippen molar-refractivity contribution in [3.05, 3.63) is 0 Å². The van der Waals surface area contributed by atoms with E-state index in [0.717, 1.165) is 32.2 Å². The van der Waals surface area contributed by atoms with Crippen molar-refractivity contribution in [3.8, 4) is 0 Å². The van der Waals surface area contributed by atoms with E-state index >= 15 is 0 Å². The van der Waals surface area contributed by atoms with Gasteiger partial charge >= 0.3 is 6.03 Å². The summed E-state index contributed by atoms with van der Waals surface area (Å²) in [5.74, 6) is -0.154. The van der Waals surface area contributed by atoms with Crippen LogP contribution in [-0.4, -0.2) is 65.9 Å². The van der Waals surface area contributed by atoms with Gasteiger partial charge in [0.15, 0.2) is 0 Å². The summed E-state index contributed by atoms with van der Waals surface area (Å²) in [4.78, 5) is 40.7. The molecule has 1 aliphatic heterocycles. The lowest BCUT2D eigenvalue weighted by Gasteiger charge is -2.35. The Kier molecular flexibility index (Phi) is 5.95. The number of hydrogen-bond acceptors (Lipinski definition) is 3. The standard InChI is InChI=1S/C18H32N4O3/c1-12-7-6-10-22(12)16(24)15(18(2,3)4)20-17(25)19-11-14(23)21(5)13-8-9-13/h12-13,15H,6-11H2,1-5H3,(H2,19,20,25). The van der Waals surface area contributed by atoms with E-state index in [9.17, 15) is 14.4 Å². The zero-order valence-corrected chi connectivity index (χ0v) is 16.1. The molecule has 2 rings (SSSR count). The number of hydrogen-bond donors (Lipinski definition) is 2. The molecule has 2 fully saturated rings. The van der Waals surface area contributed by atoms with Crippen molar-refractivity contribution in [1.82, 2.24) is 20.4 Å². The van der Waals surface area contributed by atoms with Gasteiger partial charge < -0.3 is 20.4 Å². The van der Waals surface area contributed by atoms with Crippen LogP contribution in [0.15, 0.2) is 0 Å². The lowest BCUT2D eigenvalue weighted by atomic mass is 9.85. The van der Waals surface area contributed by atoms with E-state index in [1.54, 1.807) is 11.9 Å². The van der Waals surface area contributed by atoms with Gasteiger partial charge in [0.2, 0.25) is 11.8 Å². The van der Waals surface area contributed by atoms with Gasteiger partial charge in [-0.25, -0.2) is 4.79 Å². The number of nitrogens with zero attached hydrogens (tertiary/aromatic N) is 2. The first kappa shape index (κ1) is 19.5. The molecule has 0 aromatic carbocycles. The highest BCUT2D eigenvalue weighted by Gasteiger charge is 2.38. The first-order valence-corrected chi connectivity index (χ1v) is 9.21. The number of amides is 4. The lowest BCUT2D eigenvalue weighted by molar-refractivity contribution is -0.136. The van der Waals surface area contributed by atoms with E-state index in [1.165, 1.54) is 0 Å². The van der Waals surface area contributed by atoms with Crippen LogP contribution in [0.5, 0.6) is 0 Å². The Labute approximate surface area is 150 Å². The Balaban J connectivity index is 1.91. The number of urea groups is 1. The quantitative estimate of drug-likeness (QED) is 0.783. The average molecular weight is 352 g/mol. The molecule has 7 heteroatoms. The molecule has 0 bridgehead atoms. The largest absolute Gasteiger partial charge is 0.341 e. The highest BCUT2D eigenvalue weighted by Crippen LogP contribution is 2.26. The monoisotopic (exact) mass is 352 g/mol. The fraction of sp³-hybridized carbons (Fsp3) is 0.833. The highest BCUT2D eigenvalue weighted by atomic mass is 16.2. The minimum absolute atomic E-state index is 0.0472. The molecular formula is C18H32N4O3. The minimum atomic E-state index is -0.621. The number of likely N-dealkylation sites (N-methyl/N-ethyl adjacent to an activating group) is 1. The predicted octanol–water partition coefficient (Wildman–Crippen LogP) is 1.33. The molecule has 2 atom stereocenters. The summed E-state index contributed by atoms with van der Waals surface area (Å²) in [6.45, 7) is 8.52. The molecule has 142 valence electrons. The summed E-state index contributed by atoms with van der Waals surface area (Å²) in [6, 6.07) is -0.573. The van der Waals surface area contributed by atoms with E-state index < -0.39 is 17.5 Å². The third kappa shape index (κ3) is 5.09. The van der Waals surface area contributed by atoms with Crippen LogP contribution >= 0.6 is 0 Å². The Morgan fingerprint density at radius 2 is 1.84 bits per heavy atom. The van der Waals surface area contributed by atoms with Crippen LogP contribution in [0.2, 0.25) is 0 Å². The molecule has 7 nitrogen and oxygen atoms in total. The van der Waals surface area contributed by atoms with Crippen molar-refractivity contribution in [3.63, 3.8) is 0 Å². The Morgan fingerprint density at radius 1 is 1.20 bits per heavy atom. The van der Waals surface area contributed by atoms with Crippen LogP contribution in [0, 0.1) is 5.41 Å². The van der Waals surface area contributed by atoms with E-state index in [1.807, 2.05) is 32.6 Å². The van der Waals surface area contributed by atoms with Crippen molar-refractivity contribution >= 4 is 17.8 Å². The maximum absolute atomic E-state index is 12.9. The number of rotatable bonds is 5. The van der Waals surface area contributed by atoms with Crippen LogP contribution < -0.4 is 10.6 Å². The lowest BCUT2D eigenvalue weighted by Crippen LogP contribution is -2.57. The number of carbonyl (C=O) groups is 3. The van der Waals surface area contributed by atoms with E-state index in [2.05, 4.69) is 10.6 Å². The van der Waals surface area contributed by atoms with Gasteiger partial charge in [-0.3, -0.25) is 9.59 Å². The molecule has 0 spiro atoms. The van der Waals surface area contributed by atoms with Crippen LogP contribution in [0.1, 0.15) is 53.4 Å². The molecule has 2 N–H and O–H groups in total. The maximum atomic E-state index is 12.9. The molecule has 2 aliphatic rings. The molecule has 4 amide bonds.